The lowest BCUT2D eigenvalue weighted by Gasteiger charge is -2.08. The third-order valence-electron chi connectivity index (χ3n) is 3.81. The predicted molar refractivity (Wildman–Crippen MR) is 98.3 cm³/mol. The number of thiophene rings is 1. The first kappa shape index (κ1) is 15.4. The first-order valence-electron chi connectivity index (χ1n) is 7.54. The summed E-state index contributed by atoms with van der Waals surface area (Å²) in [7, 11) is 0. The van der Waals surface area contributed by atoms with Crippen molar-refractivity contribution in [2.45, 2.75) is 0 Å². The number of rotatable bonds is 3. The summed E-state index contributed by atoms with van der Waals surface area (Å²) in [6.45, 7) is 0. The summed E-state index contributed by atoms with van der Waals surface area (Å²) < 4.78 is 18.7. The molecule has 6 heteroatoms. The molecule has 0 unspecified atom stereocenters. The number of carbonyl (C=O) groups is 1. The van der Waals surface area contributed by atoms with Crippen molar-refractivity contribution in [2.75, 3.05) is 11.1 Å². The van der Waals surface area contributed by atoms with E-state index in [9.17, 15) is 9.18 Å². The van der Waals surface area contributed by atoms with E-state index in [4.69, 9.17) is 10.2 Å². The summed E-state index contributed by atoms with van der Waals surface area (Å²) in [5, 5.41) is 5.27. The number of fused-ring (bicyclic) bond motifs is 1. The molecule has 4 aromatic rings. The van der Waals surface area contributed by atoms with Crippen molar-refractivity contribution < 1.29 is 13.6 Å². The fourth-order valence-electron chi connectivity index (χ4n) is 2.57. The van der Waals surface area contributed by atoms with E-state index in [-0.39, 0.29) is 11.6 Å². The van der Waals surface area contributed by atoms with E-state index in [0.29, 0.717) is 22.3 Å². The number of furan rings is 1. The maximum Gasteiger partial charge on any atom is 0.291 e. The van der Waals surface area contributed by atoms with E-state index in [1.807, 2.05) is 29.6 Å². The minimum Gasteiger partial charge on any atom is -0.451 e. The monoisotopic (exact) mass is 352 g/mol. The van der Waals surface area contributed by atoms with E-state index in [1.54, 1.807) is 17.4 Å². The van der Waals surface area contributed by atoms with Gasteiger partial charge < -0.3 is 15.5 Å². The van der Waals surface area contributed by atoms with E-state index in [0.717, 1.165) is 10.4 Å². The van der Waals surface area contributed by atoms with Crippen molar-refractivity contribution in [1.29, 1.82) is 0 Å². The Morgan fingerprint density at radius 3 is 2.80 bits per heavy atom. The number of nitrogen functional groups attached to an aromatic ring is 1. The molecule has 4 nitrogen and oxygen atoms in total. The highest BCUT2D eigenvalue weighted by molar-refractivity contribution is 7.13. The Morgan fingerprint density at radius 1 is 1.12 bits per heavy atom. The first-order chi connectivity index (χ1) is 12.1. The largest absolute Gasteiger partial charge is 0.451 e. The molecule has 0 aliphatic carbocycles. The highest BCUT2D eigenvalue weighted by Gasteiger charge is 2.15. The van der Waals surface area contributed by atoms with Crippen LogP contribution in [0.1, 0.15) is 10.6 Å². The lowest BCUT2D eigenvalue weighted by molar-refractivity contribution is 0.0999. The zero-order valence-corrected chi connectivity index (χ0v) is 13.8. The minimum absolute atomic E-state index is 0.0986. The SMILES string of the molecule is Nc1ccc(-c2cccs2)cc1NC(=O)c1cc2cc(F)ccc2o1. The average Bonchev–Trinajstić information content (AvgIpc) is 3.25. The topological polar surface area (TPSA) is 68.3 Å². The van der Waals surface area contributed by atoms with E-state index >= 15 is 0 Å². The normalized spacial score (nSPS) is 10.9. The van der Waals surface area contributed by atoms with Gasteiger partial charge in [0, 0.05) is 10.3 Å². The molecule has 25 heavy (non-hydrogen) atoms. The lowest BCUT2D eigenvalue weighted by Crippen LogP contribution is -2.12. The second-order valence-corrected chi connectivity index (χ2v) is 6.47. The van der Waals surface area contributed by atoms with Gasteiger partial charge in [-0.05, 0) is 53.4 Å². The molecule has 0 spiro atoms. The van der Waals surface area contributed by atoms with Crippen molar-refractivity contribution in [2.24, 2.45) is 0 Å². The Labute approximate surface area is 146 Å². The first-order valence-corrected chi connectivity index (χ1v) is 8.42. The third kappa shape index (κ3) is 2.99. The Hall–Kier alpha value is -3.12. The second-order valence-electron chi connectivity index (χ2n) is 5.53. The smallest absolute Gasteiger partial charge is 0.291 e. The number of anilines is 2. The van der Waals surface area contributed by atoms with Crippen LogP contribution in [0, 0.1) is 5.82 Å². The van der Waals surface area contributed by atoms with Crippen LogP contribution in [0.3, 0.4) is 0 Å². The molecular formula is C19H13FN2O2S. The van der Waals surface area contributed by atoms with Crippen molar-refractivity contribution in [3.8, 4) is 10.4 Å². The third-order valence-corrected chi connectivity index (χ3v) is 4.73. The van der Waals surface area contributed by atoms with E-state index < -0.39 is 5.91 Å². The van der Waals surface area contributed by atoms with Crippen LogP contribution in [0.4, 0.5) is 15.8 Å². The zero-order valence-electron chi connectivity index (χ0n) is 13.0. The number of halogens is 1. The average molecular weight is 352 g/mol. The van der Waals surface area contributed by atoms with Gasteiger partial charge in [-0.3, -0.25) is 4.79 Å². The predicted octanol–water partition coefficient (Wildman–Crippen LogP) is 5.13. The number of hydrogen-bond acceptors (Lipinski definition) is 4. The Kier molecular flexibility index (Phi) is 3.74. The number of carbonyl (C=O) groups excluding carboxylic acids is 1. The molecule has 1 amide bonds. The fourth-order valence-corrected chi connectivity index (χ4v) is 3.29. The lowest BCUT2D eigenvalue weighted by atomic mass is 10.1. The van der Waals surface area contributed by atoms with Gasteiger partial charge in [-0.1, -0.05) is 12.1 Å². The van der Waals surface area contributed by atoms with Gasteiger partial charge in [0.15, 0.2) is 5.76 Å². The van der Waals surface area contributed by atoms with Crippen LogP contribution in [-0.4, -0.2) is 5.91 Å². The molecule has 0 fully saturated rings. The molecular weight excluding hydrogens is 339 g/mol. The summed E-state index contributed by atoms with van der Waals surface area (Å²) >= 11 is 1.60. The van der Waals surface area contributed by atoms with Crippen LogP contribution in [-0.2, 0) is 0 Å². The van der Waals surface area contributed by atoms with Crippen molar-refractivity contribution in [3.63, 3.8) is 0 Å². The molecule has 4 rings (SSSR count). The molecule has 2 aromatic carbocycles. The van der Waals surface area contributed by atoms with Gasteiger partial charge in [-0.25, -0.2) is 4.39 Å². The van der Waals surface area contributed by atoms with Crippen LogP contribution >= 0.6 is 11.3 Å². The van der Waals surface area contributed by atoms with Crippen molar-refractivity contribution >= 4 is 39.6 Å². The van der Waals surface area contributed by atoms with Crippen LogP contribution in [0.15, 0.2) is 64.4 Å². The highest BCUT2D eigenvalue weighted by Crippen LogP contribution is 2.30. The van der Waals surface area contributed by atoms with Gasteiger partial charge in [-0.15, -0.1) is 11.3 Å². The Morgan fingerprint density at radius 2 is 2.00 bits per heavy atom. The minimum atomic E-state index is -0.438. The van der Waals surface area contributed by atoms with Crippen LogP contribution in [0.25, 0.3) is 21.4 Å². The molecule has 2 heterocycles. The maximum absolute atomic E-state index is 13.3. The molecule has 3 N–H and O–H groups in total. The summed E-state index contributed by atoms with van der Waals surface area (Å²) in [6.07, 6.45) is 0. The van der Waals surface area contributed by atoms with Gasteiger partial charge in [0.2, 0.25) is 0 Å². The summed E-state index contributed by atoms with van der Waals surface area (Å²) in [6, 6.07) is 15.0. The quantitative estimate of drug-likeness (QED) is 0.502. The summed E-state index contributed by atoms with van der Waals surface area (Å²) in [5.41, 5.74) is 8.34. The van der Waals surface area contributed by atoms with Gasteiger partial charge in [0.25, 0.3) is 5.91 Å². The van der Waals surface area contributed by atoms with Crippen molar-refractivity contribution in [1.82, 2.24) is 0 Å². The molecule has 0 saturated carbocycles. The molecule has 2 aromatic heterocycles. The van der Waals surface area contributed by atoms with Gasteiger partial charge >= 0.3 is 0 Å². The summed E-state index contributed by atoms with van der Waals surface area (Å²) in [5.74, 6) is -0.721. The maximum atomic E-state index is 13.3. The van der Waals surface area contributed by atoms with Gasteiger partial charge in [0.05, 0.1) is 11.4 Å². The number of hydrogen-bond donors (Lipinski definition) is 2. The molecule has 0 radical (unpaired) electrons. The van der Waals surface area contributed by atoms with Crippen molar-refractivity contribution in [3.05, 3.63) is 71.6 Å². The fraction of sp³-hybridized carbons (Fsp3) is 0. The van der Waals surface area contributed by atoms with Gasteiger partial charge in [0.1, 0.15) is 11.4 Å². The van der Waals surface area contributed by atoms with E-state index in [1.165, 1.54) is 24.3 Å². The zero-order chi connectivity index (χ0) is 17.4. The molecule has 0 aliphatic rings. The highest BCUT2D eigenvalue weighted by atomic mass is 32.1. The molecule has 0 bridgehead atoms. The Balaban J connectivity index is 1.64. The van der Waals surface area contributed by atoms with Crippen LogP contribution in [0.5, 0.6) is 0 Å². The van der Waals surface area contributed by atoms with Crippen LogP contribution in [0.2, 0.25) is 0 Å². The number of amides is 1. The molecule has 0 saturated heterocycles. The molecule has 0 atom stereocenters. The number of nitrogens with two attached hydrogens (primary N) is 1. The molecule has 0 aliphatic heterocycles. The standard InChI is InChI=1S/C19H13FN2O2S/c20-13-4-6-16-12(8-13)10-17(24-16)19(23)22-15-9-11(3-5-14(15)21)18-2-1-7-25-18/h1-10H,21H2,(H,22,23). The summed E-state index contributed by atoms with van der Waals surface area (Å²) in [4.78, 5) is 13.5. The van der Waals surface area contributed by atoms with Crippen LogP contribution < -0.4 is 11.1 Å². The Bertz CT molecular complexity index is 1070. The second kappa shape index (κ2) is 6.07. The van der Waals surface area contributed by atoms with Gasteiger partial charge in [-0.2, -0.15) is 0 Å². The van der Waals surface area contributed by atoms with E-state index in [2.05, 4.69) is 5.32 Å². The number of benzene rings is 2. The number of nitrogens with one attached hydrogen (secondary N) is 1. The molecule has 124 valence electrons.